The Morgan fingerprint density at radius 3 is 2.50 bits per heavy atom. The van der Waals surface area contributed by atoms with Crippen LogP contribution in [0.1, 0.15) is 47.5 Å². The fraction of sp³-hybridized carbons (Fsp3) is 0.800. The Kier molecular flexibility index (Phi) is 9.46. The van der Waals surface area contributed by atoms with Crippen molar-refractivity contribution in [3.05, 3.63) is 12.2 Å². The predicted octanol–water partition coefficient (Wildman–Crippen LogP) is 3.04. The smallest absolute Gasteiger partial charge is 0.333 e. The van der Waals surface area contributed by atoms with E-state index in [0.29, 0.717) is 18.8 Å². The lowest BCUT2D eigenvalue weighted by Crippen LogP contribution is -2.27. The highest BCUT2D eigenvalue weighted by atomic mass is 17.2. The van der Waals surface area contributed by atoms with Gasteiger partial charge >= 0.3 is 5.97 Å². The molecule has 0 rings (SSSR count). The summed E-state index contributed by atoms with van der Waals surface area (Å²) in [5.41, 5.74) is 0.0961. The molecule has 0 aromatic carbocycles. The van der Waals surface area contributed by atoms with Gasteiger partial charge in [0, 0.05) is 5.57 Å². The molecule has 20 heavy (non-hydrogen) atoms. The number of esters is 1. The highest BCUT2D eigenvalue weighted by molar-refractivity contribution is 5.86. The molecule has 5 heteroatoms. The number of hydrogen-bond acceptors (Lipinski definition) is 5. The van der Waals surface area contributed by atoms with Gasteiger partial charge in [0.05, 0.1) is 18.3 Å². The summed E-state index contributed by atoms with van der Waals surface area (Å²) in [6.45, 7) is 13.9. The van der Waals surface area contributed by atoms with Gasteiger partial charge in [0.1, 0.15) is 13.2 Å². The van der Waals surface area contributed by atoms with Gasteiger partial charge in [0.25, 0.3) is 0 Å². The van der Waals surface area contributed by atoms with Crippen LogP contribution in [-0.2, 0) is 24.0 Å². The quantitative estimate of drug-likeness (QED) is 0.192. The fourth-order valence-electron chi connectivity index (χ4n) is 1.49. The van der Waals surface area contributed by atoms with E-state index < -0.39 is 5.97 Å². The molecule has 0 saturated carbocycles. The van der Waals surface area contributed by atoms with Crippen LogP contribution >= 0.6 is 0 Å². The van der Waals surface area contributed by atoms with E-state index in [9.17, 15) is 4.79 Å². The first-order chi connectivity index (χ1) is 9.28. The van der Waals surface area contributed by atoms with Crippen molar-refractivity contribution in [1.82, 2.24) is 0 Å². The average Bonchev–Trinajstić information content (AvgIpc) is 2.33. The highest BCUT2D eigenvalue weighted by Crippen LogP contribution is 2.16. The van der Waals surface area contributed by atoms with Crippen molar-refractivity contribution in [2.45, 2.75) is 59.2 Å². The van der Waals surface area contributed by atoms with Gasteiger partial charge in [-0.3, -0.25) is 0 Å². The molecule has 0 amide bonds. The molecule has 118 valence electrons. The van der Waals surface area contributed by atoms with Crippen molar-refractivity contribution >= 4 is 5.97 Å². The first-order valence-corrected chi connectivity index (χ1v) is 7.03. The van der Waals surface area contributed by atoms with Crippen LogP contribution in [0.25, 0.3) is 0 Å². The Bertz CT molecular complexity index is 299. The standard InChI is InChI=1S/C15H28O5/c1-7-8-15(5,6)20-19-11-13(4)17-9-10-18-14(16)12(2)3/h13H,2,7-11H2,1,3-6H3. The van der Waals surface area contributed by atoms with Crippen LogP contribution < -0.4 is 0 Å². The van der Waals surface area contributed by atoms with Crippen LogP contribution in [0.5, 0.6) is 0 Å². The molecular formula is C15H28O5. The molecule has 0 aliphatic carbocycles. The second-order valence-corrected chi connectivity index (χ2v) is 5.48. The second kappa shape index (κ2) is 9.91. The minimum Gasteiger partial charge on any atom is -0.460 e. The molecule has 0 aromatic heterocycles. The molecule has 0 heterocycles. The van der Waals surface area contributed by atoms with Crippen molar-refractivity contribution in [1.29, 1.82) is 0 Å². The van der Waals surface area contributed by atoms with Gasteiger partial charge in [-0.1, -0.05) is 19.9 Å². The van der Waals surface area contributed by atoms with Crippen LogP contribution in [0.3, 0.4) is 0 Å². The number of hydrogen-bond donors (Lipinski definition) is 0. The van der Waals surface area contributed by atoms with E-state index in [1.807, 2.05) is 20.8 Å². The third-order valence-corrected chi connectivity index (χ3v) is 2.51. The summed E-state index contributed by atoms with van der Waals surface area (Å²) >= 11 is 0. The molecule has 0 N–H and O–H groups in total. The Morgan fingerprint density at radius 2 is 1.95 bits per heavy atom. The maximum absolute atomic E-state index is 11.1. The van der Waals surface area contributed by atoms with Crippen LogP contribution in [0, 0.1) is 0 Å². The molecule has 0 aromatic rings. The van der Waals surface area contributed by atoms with E-state index in [0.717, 1.165) is 12.8 Å². The average molecular weight is 288 g/mol. The molecule has 0 saturated heterocycles. The second-order valence-electron chi connectivity index (χ2n) is 5.48. The molecule has 0 bridgehead atoms. The number of ether oxygens (including phenoxy) is 2. The van der Waals surface area contributed by atoms with Crippen LogP contribution in [0.2, 0.25) is 0 Å². The van der Waals surface area contributed by atoms with Gasteiger partial charge in [-0.15, -0.1) is 0 Å². The van der Waals surface area contributed by atoms with E-state index in [1.165, 1.54) is 0 Å². The van der Waals surface area contributed by atoms with Crippen molar-refractivity contribution in [2.24, 2.45) is 0 Å². The zero-order valence-electron chi connectivity index (χ0n) is 13.4. The first-order valence-electron chi connectivity index (χ1n) is 7.03. The zero-order chi connectivity index (χ0) is 15.6. The topological polar surface area (TPSA) is 54.0 Å². The summed E-state index contributed by atoms with van der Waals surface area (Å²) in [5, 5.41) is 0. The van der Waals surface area contributed by atoms with E-state index in [1.54, 1.807) is 6.92 Å². The molecule has 0 aliphatic heterocycles. The Balaban J connectivity index is 3.62. The minimum atomic E-state index is -0.401. The Morgan fingerprint density at radius 1 is 1.30 bits per heavy atom. The zero-order valence-corrected chi connectivity index (χ0v) is 13.4. The monoisotopic (exact) mass is 288 g/mol. The lowest BCUT2D eigenvalue weighted by molar-refractivity contribution is -0.362. The Hall–Kier alpha value is -0.910. The predicted molar refractivity (Wildman–Crippen MR) is 77.2 cm³/mol. The lowest BCUT2D eigenvalue weighted by atomic mass is 10.0. The van der Waals surface area contributed by atoms with Crippen LogP contribution in [0.15, 0.2) is 12.2 Å². The van der Waals surface area contributed by atoms with Crippen molar-refractivity contribution in [2.75, 3.05) is 19.8 Å². The van der Waals surface area contributed by atoms with E-state index in [2.05, 4.69) is 13.5 Å². The van der Waals surface area contributed by atoms with Gasteiger partial charge < -0.3 is 9.47 Å². The number of carbonyl (C=O) groups is 1. The molecule has 5 nitrogen and oxygen atoms in total. The molecular weight excluding hydrogens is 260 g/mol. The molecule has 0 fully saturated rings. The van der Waals surface area contributed by atoms with Gasteiger partial charge in [-0.2, -0.15) is 0 Å². The summed E-state index contributed by atoms with van der Waals surface area (Å²) in [4.78, 5) is 21.6. The lowest BCUT2D eigenvalue weighted by Gasteiger charge is -2.23. The number of carbonyl (C=O) groups excluding carboxylic acids is 1. The maximum atomic E-state index is 11.1. The van der Waals surface area contributed by atoms with Gasteiger partial charge in [0.15, 0.2) is 0 Å². The molecule has 1 atom stereocenters. The summed E-state index contributed by atoms with van der Waals surface area (Å²) < 4.78 is 10.3. The fourth-order valence-corrected chi connectivity index (χ4v) is 1.49. The third kappa shape index (κ3) is 9.95. The van der Waals surface area contributed by atoms with Crippen molar-refractivity contribution in [3.8, 4) is 0 Å². The maximum Gasteiger partial charge on any atom is 0.333 e. The minimum absolute atomic E-state index is 0.129. The molecule has 0 radical (unpaired) electrons. The van der Waals surface area contributed by atoms with E-state index in [4.69, 9.17) is 19.2 Å². The summed E-state index contributed by atoms with van der Waals surface area (Å²) in [7, 11) is 0. The van der Waals surface area contributed by atoms with Crippen LogP contribution in [-0.4, -0.2) is 37.5 Å². The third-order valence-electron chi connectivity index (χ3n) is 2.51. The molecule has 0 spiro atoms. The summed E-state index contributed by atoms with van der Waals surface area (Å²) in [6.07, 6.45) is 1.84. The molecule has 1 unspecified atom stereocenters. The van der Waals surface area contributed by atoms with E-state index >= 15 is 0 Å². The van der Waals surface area contributed by atoms with Gasteiger partial charge in [0.2, 0.25) is 0 Å². The van der Waals surface area contributed by atoms with Gasteiger partial charge in [-0.25, -0.2) is 14.6 Å². The summed E-state index contributed by atoms with van der Waals surface area (Å²) in [6, 6.07) is 0. The summed E-state index contributed by atoms with van der Waals surface area (Å²) in [5.74, 6) is -0.401. The van der Waals surface area contributed by atoms with Gasteiger partial charge in [-0.05, 0) is 34.1 Å². The normalized spacial score (nSPS) is 13.1. The van der Waals surface area contributed by atoms with Crippen molar-refractivity contribution < 1.29 is 24.0 Å². The van der Waals surface area contributed by atoms with Crippen molar-refractivity contribution in [3.63, 3.8) is 0 Å². The van der Waals surface area contributed by atoms with Crippen LogP contribution in [0.4, 0.5) is 0 Å². The van der Waals surface area contributed by atoms with E-state index in [-0.39, 0.29) is 18.3 Å². The number of rotatable bonds is 11. The highest BCUT2D eigenvalue weighted by Gasteiger charge is 2.19. The Labute approximate surface area is 122 Å². The largest absolute Gasteiger partial charge is 0.460 e. The first kappa shape index (κ1) is 19.1. The SMILES string of the molecule is C=C(C)C(=O)OCCOC(C)COOC(C)(C)CCC. The molecule has 0 aliphatic rings.